The summed E-state index contributed by atoms with van der Waals surface area (Å²) >= 11 is 0. The number of hydrogen-bond donors (Lipinski definition) is 2. The maximum absolute atomic E-state index is 12.7. The molecule has 0 atom stereocenters. The predicted molar refractivity (Wildman–Crippen MR) is 51.8 cm³/mol. The van der Waals surface area contributed by atoms with E-state index in [2.05, 4.69) is 5.32 Å². The van der Waals surface area contributed by atoms with Crippen molar-refractivity contribution in [2.45, 2.75) is 13.0 Å². The first-order valence-electron chi connectivity index (χ1n) is 4.48. The molecule has 72 valence electrons. The third-order valence-electron chi connectivity index (χ3n) is 1.78. The lowest BCUT2D eigenvalue weighted by Crippen LogP contribution is -2.17. The van der Waals surface area contributed by atoms with Crippen molar-refractivity contribution in [1.29, 1.82) is 0 Å². The molecular formula is C10H15FN2. The van der Waals surface area contributed by atoms with Gasteiger partial charge in [0.05, 0.1) is 0 Å². The molecule has 3 heteroatoms. The van der Waals surface area contributed by atoms with Crippen molar-refractivity contribution < 1.29 is 4.39 Å². The van der Waals surface area contributed by atoms with Crippen LogP contribution in [0.3, 0.4) is 0 Å². The van der Waals surface area contributed by atoms with Gasteiger partial charge in [0.1, 0.15) is 5.82 Å². The molecule has 0 aromatic heterocycles. The van der Waals surface area contributed by atoms with E-state index >= 15 is 0 Å². The third-order valence-corrected chi connectivity index (χ3v) is 1.78. The van der Waals surface area contributed by atoms with Gasteiger partial charge in [-0.05, 0) is 37.2 Å². The zero-order chi connectivity index (χ0) is 9.52. The van der Waals surface area contributed by atoms with E-state index in [1.54, 1.807) is 6.07 Å². The van der Waals surface area contributed by atoms with Gasteiger partial charge in [0.25, 0.3) is 0 Å². The molecule has 0 fully saturated rings. The summed E-state index contributed by atoms with van der Waals surface area (Å²) in [4.78, 5) is 0. The maximum Gasteiger partial charge on any atom is 0.123 e. The summed E-state index contributed by atoms with van der Waals surface area (Å²) in [5.74, 6) is -0.182. The molecule has 0 aliphatic carbocycles. The zero-order valence-electron chi connectivity index (χ0n) is 7.59. The molecule has 0 amide bonds. The predicted octanol–water partition coefficient (Wildman–Crippen LogP) is 1.26. The summed E-state index contributed by atoms with van der Waals surface area (Å²) in [7, 11) is 0. The Balaban J connectivity index is 2.28. The molecule has 2 nitrogen and oxygen atoms in total. The van der Waals surface area contributed by atoms with E-state index in [0.29, 0.717) is 13.1 Å². The molecule has 0 saturated carbocycles. The highest BCUT2D eigenvalue weighted by Crippen LogP contribution is 2.02. The van der Waals surface area contributed by atoms with Crippen molar-refractivity contribution in [2.75, 3.05) is 13.1 Å². The third kappa shape index (κ3) is 4.01. The number of rotatable bonds is 5. The minimum atomic E-state index is -0.182. The molecule has 1 aromatic rings. The van der Waals surface area contributed by atoms with E-state index in [1.807, 2.05) is 6.07 Å². The van der Waals surface area contributed by atoms with E-state index in [1.165, 1.54) is 12.1 Å². The lowest BCUT2D eigenvalue weighted by molar-refractivity contribution is 0.617. The molecule has 0 heterocycles. The van der Waals surface area contributed by atoms with Gasteiger partial charge < -0.3 is 11.1 Å². The van der Waals surface area contributed by atoms with Crippen LogP contribution in [0.5, 0.6) is 0 Å². The second kappa shape index (κ2) is 5.67. The Morgan fingerprint density at radius 3 is 2.92 bits per heavy atom. The maximum atomic E-state index is 12.7. The first kappa shape index (κ1) is 10.2. The number of benzene rings is 1. The van der Waals surface area contributed by atoms with Gasteiger partial charge >= 0.3 is 0 Å². The van der Waals surface area contributed by atoms with Gasteiger partial charge in [-0.3, -0.25) is 0 Å². The minimum Gasteiger partial charge on any atom is -0.330 e. The average molecular weight is 182 g/mol. The zero-order valence-corrected chi connectivity index (χ0v) is 7.59. The van der Waals surface area contributed by atoms with Crippen molar-refractivity contribution in [3.8, 4) is 0 Å². The fraction of sp³-hybridized carbons (Fsp3) is 0.400. The fourth-order valence-corrected chi connectivity index (χ4v) is 1.11. The first-order valence-corrected chi connectivity index (χ1v) is 4.48. The molecule has 1 rings (SSSR count). The van der Waals surface area contributed by atoms with Crippen molar-refractivity contribution in [3.05, 3.63) is 35.6 Å². The van der Waals surface area contributed by atoms with Crippen molar-refractivity contribution in [3.63, 3.8) is 0 Å². The Morgan fingerprint density at radius 1 is 1.38 bits per heavy atom. The quantitative estimate of drug-likeness (QED) is 0.673. The topological polar surface area (TPSA) is 38.0 Å². The summed E-state index contributed by atoms with van der Waals surface area (Å²) < 4.78 is 12.7. The number of halogens is 1. The Labute approximate surface area is 77.9 Å². The largest absolute Gasteiger partial charge is 0.330 e. The highest BCUT2D eigenvalue weighted by atomic mass is 19.1. The number of nitrogens with one attached hydrogen (secondary N) is 1. The van der Waals surface area contributed by atoms with Crippen LogP contribution in [0.25, 0.3) is 0 Å². The standard InChI is InChI=1S/C10H15FN2/c11-10-4-1-3-9(7-10)8-13-6-2-5-12/h1,3-4,7,13H,2,5-6,8,12H2. The van der Waals surface area contributed by atoms with Crippen molar-refractivity contribution in [1.82, 2.24) is 5.32 Å². The van der Waals surface area contributed by atoms with Crippen LogP contribution >= 0.6 is 0 Å². The molecule has 0 unspecified atom stereocenters. The smallest absolute Gasteiger partial charge is 0.123 e. The van der Waals surface area contributed by atoms with Crippen LogP contribution in [0.4, 0.5) is 4.39 Å². The normalized spacial score (nSPS) is 10.3. The van der Waals surface area contributed by atoms with E-state index in [-0.39, 0.29) is 5.82 Å². The van der Waals surface area contributed by atoms with Gasteiger partial charge in [-0.15, -0.1) is 0 Å². The fourth-order valence-electron chi connectivity index (χ4n) is 1.11. The molecule has 0 aliphatic heterocycles. The Bertz CT molecular complexity index is 250. The van der Waals surface area contributed by atoms with Crippen LogP contribution in [0.2, 0.25) is 0 Å². The van der Waals surface area contributed by atoms with Crippen LogP contribution in [0.1, 0.15) is 12.0 Å². The Hall–Kier alpha value is -0.930. The van der Waals surface area contributed by atoms with Gasteiger partial charge in [0.15, 0.2) is 0 Å². The van der Waals surface area contributed by atoms with E-state index in [4.69, 9.17) is 5.73 Å². The molecule has 13 heavy (non-hydrogen) atoms. The highest BCUT2D eigenvalue weighted by Gasteiger charge is 1.93. The monoisotopic (exact) mass is 182 g/mol. The summed E-state index contributed by atoms with van der Waals surface area (Å²) in [5, 5.41) is 3.18. The second-order valence-corrected chi connectivity index (χ2v) is 2.95. The summed E-state index contributed by atoms with van der Waals surface area (Å²) in [5.41, 5.74) is 6.30. The molecule has 0 radical (unpaired) electrons. The first-order chi connectivity index (χ1) is 6.33. The number of hydrogen-bond acceptors (Lipinski definition) is 2. The van der Waals surface area contributed by atoms with Gasteiger partial charge in [-0.2, -0.15) is 0 Å². The summed E-state index contributed by atoms with van der Waals surface area (Å²) in [6.45, 7) is 2.28. The van der Waals surface area contributed by atoms with Gasteiger partial charge in [-0.1, -0.05) is 12.1 Å². The van der Waals surface area contributed by atoms with Crippen LogP contribution in [-0.2, 0) is 6.54 Å². The van der Waals surface area contributed by atoms with E-state index in [9.17, 15) is 4.39 Å². The Kier molecular flexibility index (Phi) is 4.43. The molecule has 0 spiro atoms. The van der Waals surface area contributed by atoms with Crippen LogP contribution in [0, 0.1) is 5.82 Å². The molecule has 3 N–H and O–H groups in total. The van der Waals surface area contributed by atoms with Crippen LogP contribution < -0.4 is 11.1 Å². The second-order valence-electron chi connectivity index (χ2n) is 2.95. The minimum absolute atomic E-state index is 0.182. The van der Waals surface area contributed by atoms with Gasteiger partial charge in [0.2, 0.25) is 0 Å². The molecular weight excluding hydrogens is 167 g/mol. The summed E-state index contributed by atoms with van der Waals surface area (Å²) in [6.07, 6.45) is 0.954. The van der Waals surface area contributed by atoms with E-state index < -0.39 is 0 Å². The molecule has 0 bridgehead atoms. The van der Waals surface area contributed by atoms with Crippen LogP contribution in [-0.4, -0.2) is 13.1 Å². The SMILES string of the molecule is NCCCNCc1cccc(F)c1. The Morgan fingerprint density at radius 2 is 2.23 bits per heavy atom. The van der Waals surface area contributed by atoms with Crippen LogP contribution in [0.15, 0.2) is 24.3 Å². The molecule has 0 saturated heterocycles. The lowest BCUT2D eigenvalue weighted by atomic mass is 10.2. The van der Waals surface area contributed by atoms with E-state index in [0.717, 1.165) is 18.5 Å². The number of nitrogens with two attached hydrogens (primary N) is 1. The van der Waals surface area contributed by atoms with Gasteiger partial charge in [-0.25, -0.2) is 4.39 Å². The lowest BCUT2D eigenvalue weighted by Gasteiger charge is -2.03. The highest BCUT2D eigenvalue weighted by molar-refractivity contribution is 5.15. The molecule has 0 aliphatic rings. The van der Waals surface area contributed by atoms with Gasteiger partial charge in [0, 0.05) is 6.54 Å². The summed E-state index contributed by atoms with van der Waals surface area (Å²) in [6, 6.07) is 6.60. The average Bonchev–Trinajstić information content (AvgIpc) is 2.13. The van der Waals surface area contributed by atoms with Crippen molar-refractivity contribution >= 4 is 0 Å². The molecule has 1 aromatic carbocycles. The van der Waals surface area contributed by atoms with Crippen molar-refractivity contribution in [2.24, 2.45) is 5.73 Å².